The van der Waals surface area contributed by atoms with Gasteiger partial charge in [0.25, 0.3) is 5.69 Å². The van der Waals surface area contributed by atoms with Crippen molar-refractivity contribution in [3.05, 3.63) is 33.9 Å². The molecule has 0 radical (unpaired) electrons. The summed E-state index contributed by atoms with van der Waals surface area (Å²) < 4.78 is 5.45. The lowest BCUT2D eigenvalue weighted by molar-refractivity contribution is -0.384. The van der Waals surface area contributed by atoms with Crippen LogP contribution in [0.2, 0.25) is 0 Å². The highest BCUT2D eigenvalue weighted by molar-refractivity contribution is 5.66. The Hall–Kier alpha value is -1.66. The molecular weight excluding hydrogens is 260 g/mol. The lowest BCUT2D eigenvalue weighted by Crippen LogP contribution is -2.53. The Balaban J connectivity index is 2.47. The molecule has 0 unspecified atom stereocenters. The molecule has 0 bridgehead atoms. The number of hydrogen-bond acceptors (Lipinski definition) is 5. The van der Waals surface area contributed by atoms with Gasteiger partial charge in [0.15, 0.2) is 0 Å². The number of nitro groups is 1. The van der Waals surface area contributed by atoms with Crippen LogP contribution in [-0.2, 0) is 4.74 Å². The number of aliphatic hydroxyl groups is 1. The van der Waals surface area contributed by atoms with Crippen LogP contribution in [0.15, 0.2) is 18.2 Å². The summed E-state index contributed by atoms with van der Waals surface area (Å²) in [7, 11) is 0. The maximum Gasteiger partial charge on any atom is 0.292 e. The van der Waals surface area contributed by atoms with E-state index in [1.165, 1.54) is 6.07 Å². The topological polar surface area (TPSA) is 75.8 Å². The van der Waals surface area contributed by atoms with Crippen molar-refractivity contribution >= 4 is 11.4 Å². The van der Waals surface area contributed by atoms with E-state index in [4.69, 9.17) is 4.74 Å². The first-order chi connectivity index (χ1) is 9.33. The van der Waals surface area contributed by atoms with E-state index in [0.29, 0.717) is 31.0 Å². The van der Waals surface area contributed by atoms with Crippen LogP contribution in [0.1, 0.15) is 32.4 Å². The zero-order valence-electron chi connectivity index (χ0n) is 12.0. The zero-order chi connectivity index (χ0) is 14.9. The van der Waals surface area contributed by atoms with E-state index in [0.717, 1.165) is 0 Å². The van der Waals surface area contributed by atoms with Crippen LogP contribution >= 0.6 is 0 Å². The van der Waals surface area contributed by atoms with Crippen molar-refractivity contribution in [2.24, 2.45) is 0 Å². The number of rotatable bonds is 3. The number of aliphatic hydroxyl groups excluding tert-OH is 1. The molecule has 0 amide bonds. The Labute approximate surface area is 118 Å². The molecule has 1 fully saturated rings. The van der Waals surface area contributed by atoms with Crippen molar-refractivity contribution in [2.45, 2.75) is 32.4 Å². The monoisotopic (exact) mass is 280 g/mol. The van der Waals surface area contributed by atoms with Crippen molar-refractivity contribution in [3.8, 4) is 0 Å². The minimum Gasteiger partial charge on any atom is -0.389 e. The van der Waals surface area contributed by atoms with E-state index < -0.39 is 11.0 Å². The van der Waals surface area contributed by atoms with Gasteiger partial charge in [0.1, 0.15) is 5.69 Å². The molecule has 6 heteroatoms. The molecule has 20 heavy (non-hydrogen) atoms. The predicted molar refractivity (Wildman–Crippen MR) is 76.0 cm³/mol. The Morgan fingerprint density at radius 2 is 2.20 bits per heavy atom. The fourth-order valence-electron chi connectivity index (χ4n) is 2.48. The third kappa shape index (κ3) is 2.76. The molecule has 0 saturated carbocycles. The summed E-state index contributed by atoms with van der Waals surface area (Å²) in [4.78, 5) is 12.9. The van der Waals surface area contributed by atoms with Crippen LogP contribution in [0.25, 0.3) is 0 Å². The van der Waals surface area contributed by atoms with Crippen molar-refractivity contribution in [2.75, 3.05) is 24.7 Å². The number of hydrogen-bond donors (Lipinski definition) is 1. The quantitative estimate of drug-likeness (QED) is 0.679. The fraction of sp³-hybridized carbons (Fsp3) is 0.571. The summed E-state index contributed by atoms with van der Waals surface area (Å²) in [6, 6.07) is 4.90. The van der Waals surface area contributed by atoms with Crippen LogP contribution < -0.4 is 4.90 Å². The summed E-state index contributed by atoms with van der Waals surface area (Å²) in [5.74, 6) is 0. The molecule has 2 rings (SSSR count). The molecule has 110 valence electrons. The van der Waals surface area contributed by atoms with Gasteiger partial charge in [0.05, 0.1) is 29.8 Å². The van der Waals surface area contributed by atoms with Gasteiger partial charge in [-0.15, -0.1) is 0 Å². The van der Waals surface area contributed by atoms with Gasteiger partial charge in [0, 0.05) is 12.6 Å². The Morgan fingerprint density at radius 1 is 1.50 bits per heavy atom. The summed E-state index contributed by atoms with van der Waals surface area (Å²) >= 11 is 0. The average molecular weight is 280 g/mol. The molecule has 1 aromatic carbocycles. The number of ether oxygens (including phenoxy) is 1. The summed E-state index contributed by atoms with van der Waals surface area (Å²) in [5, 5.41) is 20.9. The predicted octanol–water partition coefficient (Wildman–Crippen LogP) is 2.26. The second-order valence-corrected chi connectivity index (χ2v) is 5.70. The van der Waals surface area contributed by atoms with E-state index in [2.05, 4.69) is 0 Å². The normalized spacial score (nSPS) is 19.7. The summed E-state index contributed by atoms with van der Waals surface area (Å²) in [6.45, 7) is 7.29. The Bertz CT molecular complexity index is 514. The SMILES string of the molecule is C[C@H](O)c1ccc(N2CCOCC2(C)C)c([N+](=O)[O-])c1. The third-order valence-electron chi connectivity index (χ3n) is 3.61. The zero-order valence-corrected chi connectivity index (χ0v) is 12.0. The maximum atomic E-state index is 11.3. The maximum absolute atomic E-state index is 11.3. The first-order valence-corrected chi connectivity index (χ1v) is 6.65. The fourth-order valence-corrected chi connectivity index (χ4v) is 2.48. The van der Waals surface area contributed by atoms with Crippen molar-refractivity contribution in [1.29, 1.82) is 0 Å². The van der Waals surface area contributed by atoms with E-state index in [1.807, 2.05) is 18.7 Å². The van der Waals surface area contributed by atoms with Gasteiger partial charge in [-0.2, -0.15) is 0 Å². The number of anilines is 1. The first-order valence-electron chi connectivity index (χ1n) is 6.65. The van der Waals surface area contributed by atoms with Gasteiger partial charge < -0.3 is 14.7 Å². The van der Waals surface area contributed by atoms with E-state index in [9.17, 15) is 15.2 Å². The van der Waals surface area contributed by atoms with Gasteiger partial charge in [-0.1, -0.05) is 6.07 Å². The van der Waals surface area contributed by atoms with E-state index in [1.54, 1.807) is 19.1 Å². The van der Waals surface area contributed by atoms with Gasteiger partial charge in [-0.25, -0.2) is 0 Å². The molecule has 1 aliphatic rings. The molecule has 1 aliphatic heterocycles. The summed E-state index contributed by atoms with van der Waals surface area (Å²) in [5.41, 5.74) is 0.854. The number of nitrogens with zero attached hydrogens (tertiary/aromatic N) is 2. The van der Waals surface area contributed by atoms with Gasteiger partial charge >= 0.3 is 0 Å². The minimum absolute atomic E-state index is 0.0263. The van der Waals surface area contributed by atoms with E-state index >= 15 is 0 Å². The molecular formula is C14H20N2O4. The molecule has 0 aliphatic carbocycles. The highest BCUT2D eigenvalue weighted by Crippen LogP contribution is 2.36. The highest BCUT2D eigenvalue weighted by atomic mass is 16.6. The lowest BCUT2D eigenvalue weighted by atomic mass is 9.99. The minimum atomic E-state index is -0.722. The van der Waals surface area contributed by atoms with Crippen molar-refractivity contribution in [1.82, 2.24) is 0 Å². The second-order valence-electron chi connectivity index (χ2n) is 5.70. The summed E-state index contributed by atoms with van der Waals surface area (Å²) in [6.07, 6.45) is -0.722. The van der Waals surface area contributed by atoms with Crippen LogP contribution in [-0.4, -0.2) is 35.3 Å². The van der Waals surface area contributed by atoms with Crippen LogP contribution in [0.3, 0.4) is 0 Å². The molecule has 0 spiro atoms. The molecule has 1 atom stereocenters. The van der Waals surface area contributed by atoms with Crippen LogP contribution in [0.5, 0.6) is 0 Å². The lowest BCUT2D eigenvalue weighted by Gasteiger charge is -2.43. The van der Waals surface area contributed by atoms with Crippen LogP contribution in [0, 0.1) is 10.1 Å². The van der Waals surface area contributed by atoms with E-state index in [-0.39, 0.29) is 11.2 Å². The largest absolute Gasteiger partial charge is 0.389 e. The third-order valence-corrected chi connectivity index (χ3v) is 3.61. The molecule has 1 aromatic rings. The number of nitro benzene ring substituents is 1. The molecule has 0 aromatic heterocycles. The van der Waals surface area contributed by atoms with Gasteiger partial charge in [0.2, 0.25) is 0 Å². The smallest absolute Gasteiger partial charge is 0.292 e. The van der Waals surface area contributed by atoms with Gasteiger partial charge in [-0.3, -0.25) is 10.1 Å². The second kappa shape index (κ2) is 5.38. The Morgan fingerprint density at radius 3 is 2.75 bits per heavy atom. The van der Waals surface area contributed by atoms with Crippen LogP contribution in [0.4, 0.5) is 11.4 Å². The van der Waals surface area contributed by atoms with Crippen molar-refractivity contribution in [3.63, 3.8) is 0 Å². The average Bonchev–Trinajstić information content (AvgIpc) is 2.37. The number of morpholine rings is 1. The molecule has 1 N–H and O–H groups in total. The van der Waals surface area contributed by atoms with Crippen molar-refractivity contribution < 1.29 is 14.8 Å². The molecule has 1 heterocycles. The molecule has 6 nitrogen and oxygen atoms in total. The highest BCUT2D eigenvalue weighted by Gasteiger charge is 2.34. The number of benzene rings is 1. The first kappa shape index (κ1) is 14.7. The standard InChI is InChI=1S/C14H20N2O4/c1-10(17)11-4-5-12(13(8-11)16(18)19)15-6-7-20-9-14(15,2)3/h4-5,8,10,17H,6-7,9H2,1-3H3/t10-/m0/s1. The van der Waals surface area contributed by atoms with Gasteiger partial charge in [-0.05, 0) is 32.4 Å². The Kier molecular flexibility index (Phi) is 3.96. The molecule has 1 saturated heterocycles.